The van der Waals surface area contributed by atoms with E-state index in [1.54, 1.807) is 66.7 Å². The molecule has 0 fully saturated rings. The van der Waals surface area contributed by atoms with Crippen LogP contribution in [0.5, 0.6) is 5.75 Å². The number of amides is 2. The number of nitrogens with one attached hydrogen (secondary N) is 2. The number of hydrogen-bond acceptors (Lipinski definition) is 3. The number of rotatable bonds is 7. The molecule has 0 aromatic heterocycles. The van der Waals surface area contributed by atoms with Gasteiger partial charge in [0, 0.05) is 12.1 Å². The van der Waals surface area contributed by atoms with Crippen molar-refractivity contribution in [2.75, 3.05) is 11.9 Å². The van der Waals surface area contributed by atoms with Crippen molar-refractivity contribution < 1.29 is 27.5 Å². The van der Waals surface area contributed by atoms with Crippen LogP contribution in [-0.4, -0.2) is 24.6 Å². The maximum atomic E-state index is 12.7. The van der Waals surface area contributed by atoms with E-state index in [0.29, 0.717) is 16.8 Å². The highest BCUT2D eigenvalue weighted by molar-refractivity contribution is 6.08. The van der Waals surface area contributed by atoms with Crippen LogP contribution in [0.1, 0.15) is 26.3 Å². The fourth-order valence-electron chi connectivity index (χ4n) is 2.76. The molecule has 0 atom stereocenters. The van der Waals surface area contributed by atoms with Crippen LogP contribution in [0.2, 0.25) is 0 Å². The van der Waals surface area contributed by atoms with E-state index in [2.05, 4.69) is 10.6 Å². The first kappa shape index (κ1) is 21.9. The van der Waals surface area contributed by atoms with Crippen molar-refractivity contribution in [3.63, 3.8) is 0 Å². The van der Waals surface area contributed by atoms with Crippen LogP contribution in [0.4, 0.5) is 18.9 Å². The van der Waals surface area contributed by atoms with E-state index in [0.717, 1.165) is 0 Å². The van der Waals surface area contributed by atoms with Crippen molar-refractivity contribution >= 4 is 17.5 Å². The number of alkyl halides is 3. The standard InChI is InChI=1S/C23H19F3N2O3/c24-23(25,26)15-31-18-10-6-7-16(13-18)14-27-22(30)19-11-4-5-12-20(19)28-21(29)17-8-2-1-3-9-17/h1-13H,14-15H2,(H,27,30)(H,28,29). The normalized spacial score (nSPS) is 10.9. The molecule has 3 aromatic rings. The van der Waals surface area contributed by atoms with Crippen molar-refractivity contribution in [1.29, 1.82) is 0 Å². The van der Waals surface area contributed by atoms with Gasteiger partial charge in [0.25, 0.3) is 11.8 Å². The van der Waals surface area contributed by atoms with Crippen LogP contribution in [-0.2, 0) is 6.54 Å². The second-order valence-electron chi connectivity index (χ2n) is 6.60. The molecule has 0 aliphatic heterocycles. The lowest BCUT2D eigenvalue weighted by Crippen LogP contribution is -2.25. The minimum atomic E-state index is -4.43. The van der Waals surface area contributed by atoms with Gasteiger partial charge in [-0.2, -0.15) is 13.2 Å². The summed E-state index contributed by atoms with van der Waals surface area (Å²) < 4.78 is 41.6. The van der Waals surface area contributed by atoms with E-state index in [1.807, 2.05) is 0 Å². The molecule has 160 valence electrons. The third kappa shape index (κ3) is 6.60. The third-order valence-electron chi connectivity index (χ3n) is 4.21. The molecule has 0 saturated carbocycles. The molecule has 2 amide bonds. The Kier molecular flexibility index (Phi) is 6.92. The van der Waals surface area contributed by atoms with Gasteiger partial charge >= 0.3 is 6.18 Å². The van der Waals surface area contributed by atoms with Crippen molar-refractivity contribution in [3.05, 3.63) is 95.6 Å². The number of carbonyl (C=O) groups excluding carboxylic acids is 2. The van der Waals surface area contributed by atoms with Crippen molar-refractivity contribution in [1.82, 2.24) is 5.32 Å². The topological polar surface area (TPSA) is 67.4 Å². The fourth-order valence-corrected chi connectivity index (χ4v) is 2.76. The summed E-state index contributed by atoms with van der Waals surface area (Å²) in [7, 11) is 0. The van der Waals surface area contributed by atoms with E-state index >= 15 is 0 Å². The van der Waals surface area contributed by atoms with Crippen LogP contribution in [0.25, 0.3) is 0 Å². The molecule has 3 aromatic carbocycles. The minimum absolute atomic E-state index is 0.0552. The highest BCUT2D eigenvalue weighted by Crippen LogP contribution is 2.20. The minimum Gasteiger partial charge on any atom is -0.484 e. The summed E-state index contributed by atoms with van der Waals surface area (Å²) >= 11 is 0. The Labute approximate surface area is 176 Å². The summed E-state index contributed by atoms with van der Waals surface area (Å²) in [4.78, 5) is 25.1. The summed E-state index contributed by atoms with van der Waals surface area (Å²) in [5, 5.41) is 5.42. The molecule has 31 heavy (non-hydrogen) atoms. The predicted octanol–water partition coefficient (Wildman–Crippen LogP) is 4.81. The van der Waals surface area contributed by atoms with Gasteiger partial charge in [-0.25, -0.2) is 0 Å². The van der Waals surface area contributed by atoms with Gasteiger partial charge in [-0.15, -0.1) is 0 Å². The van der Waals surface area contributed by atoms with E-state index in [1.165, 1.54) is 12.1 Å². The number of benzene rings is 3. The third-order valence-corrected chi connectivity index (χ3v) is 4.21. The van der Waals surface area contributed by atoms with Gasteiger partial charge in [0.1, 0.15) is 5.75 Å². The zero-order chi connectivity index (χ0) is 22.3. The SMILES string of the molecule is O=C(Nc1ccccc1C(=O)NCc1cccc(OCC(F)(F)F)c1)c1ccccc1. The van der Waals surface area contributed by atoms with Gasteiger partial charge in [-0.3, -0.25) is 9.59 Å². The highest BCUT2D eigenvalue weighted by Gasteiger charge is 2.28. The molecular formula is C23H19F3N2O3. The smallest absolute Gasteiger partial charge is 0.422 e. The summed E-state index contributed by atoms with van der Waals surface area (Å²) in [5.74, 6) is -0.736. The largest absolute Gasteiger partial charge is 0.484 e. The predicted molar refractivity (Wildman–Crippen MR) is 110 cm³/mol. The molecule has 0 aliphatic rings. The molecule has 8 heteroatoms. The van der Waals surface area contributed by atoms with Crippen LogP contribution in [0.15, 0.2) is 78.9 Å². The summed E-state index contributed by atoms with van der Waals surface area (Å²) in [6, 6.07) is 21.2. The monoisotopic (exact) mass is 428 g/mol. The van der Waals surface area contributed by atoms with Crippen molar-refractivity contribution in [3.8, 4) is 5.75 Å². The maximum Gasteiger partial charge on any atom is 0.422 e. The lowest BCUT2D eigenvalue weighted by molar-refractivity contribution is -0.153. The summed E-state index contributed by atoms with van der Waals surface area (Å²) in [5.41, 5.74) is 1.62. The number of hydrogen-bond donors (Lipinski definition) is 2. The van der Waals surface area contributed by atoms with E-state index in [4.69, 9.17) is 4.74 Å². The van der Waals surface area contributed by atoms with E-state index in [-0.39, 0.29) is 23.8 Å². The number of anilines is 1. The van der Waals surface area contributed by atoms with Gasteiger partial charge in [0.15, 0.2) is 6.61 Å². The molecule has 0 saturated heterocycles. The van der Waals surface area contributed by atoms with Crippen molar-refractivity contribution in [2.24, 2.45) is 0 Å². The summed E-state index contributed by atoms with van der Waals surface area (Å²) in [6.45, 7) is -1.32. The molecule has 5 nitrogen and oxygen atoms in total. The molecule has 0 aliphatic carbocycles. The van der Waals surface area contributed by atoms with Gasteiger partial charge < -0.3 is 15.4 Å². The Morgan fingerprint density at radius 2 is 1.55 bits per heavy atom. The summed E-state index contributed by atoms with van der Waals surface area (Å²) in [6.07, 6.45) is -4.43. The van der Waals surface area contributed by atoms with Gasteiger partial charge in [-0.05, 0) is 42.0 Å². The Morgan fingerprint density at radius 1 is 0.839 bits per heavy atom. The van der Waals surface area contributed by atoms with Crippen LogP contribution in [0.3, 0.4) is 0 Å². The zero-order valence-corrected chi connectivity index (χ0v) is 16.3. The average Bonchev–Trinajstić information content (AvgIpc) is 2.77. The number of ether oxygens (including phenoxy) is 1. The fraction of sp³-hybridized carbons (Fsp3) is 0.130. The van der Waals surface area contributed by atoms with Crippen molar-refractivity contribution in [2.45, 2.75) is 12.7 Å². The van der Waals surface area contributed by atoms with Crippen LogP contribution in [0, 0.1) is 0 Å². The van der Waals surface area contributed by atoms with Gasteiger partial charge in [-0.1, -0.05) is 42.5 Å². The molecule has 0 bridgehead atoms. The number of carbonyl (C=O) groups is 2. The first-order chi connectivity index (χ1) is 14.8. The van der Waals surface area contributed by atoms with Crippen LogP contribution < -0.4 is 15.4 Å². The first-order valence-corrected chi connectivity index (χ1v) is 9.34. The van der Waals surface area contributed by atoms with Gasteiger partial charge in [0.05, 0.1) is 11.3 Å². The number of para-hydroxylation sites is 1. The first-order valence-electron chi connectivity index (χ1n) is 9.34. The Bertz CT molecular complexity index is 1050. The average molecular weight is 428 g/mol. The quantitative estimate of drug-likeness (QED) is 0.568. The Morgan fingerprint density at radius 3 is 2.29 bits per heavy atom. The molecule has 3 rings (SSSR count). The second kappa shape index (κ2) is 9.80. The van der Waals surface area contributed by atoms with E-state index in [9.17, 15) is 22.8 Å². The lowest BCUT2D eigenvalue weighted by atomic mass is 10.1. The van der Waals surface area contributed by atoms with Gasteiger partial charge in [0.2, 0.25) is 0 Å². The molecular weight excluding hydrogens is 409 g/mol. The molecule has 0 spiro atoms. The van der Waals surface area contributed by atoms with E-state index < -0.39 is 18.7 Å². The molecule has 2 N–H and O–H groups in total. The Balaban J connectivity index is 1.64. The molecule has 0 heterocycles. The van der Waals surface area contributed by atoms with Crippen LogP contribution >= 0.6 is 0 Å². The lowest BCUT2D eigenvalue weighted by Gasteiger charge is -2.13. The second-order valence-corrected chi connectivity index (χ2v) is 6.60. The maximum absolute atomic E-state index is 12.7. The zero-order valence-electron chi connectivity index (χ0n) is 16.3. The Hall–Kier alpha value is -3.81. The molecule has 0 unspecified atom stereocenters. The molecule has 0 radical (unpaired) electrons. The highest BCUT2D eigenvalue weighted by atomic mass is 19.4. The number of halogens is 3.